The zero-order chi connectivity index (χ0) is 29.6. The summed E-state index contributed by atoms with van der Waals surface area (Å²) in [5.41, 5.74) is 2.17. The van der Waals surface area contributed by atoms with Crippen molar-refractivity contribution in [2.45, 2.75) is 32.0 Å². The number of carbonyl (C=O) groups is 1. The van der Waals surface area contributed by atoms with Gasteiger partial charge >= 0.3 is 6.61 Å². The Morgan fingerprint density at radius 3 is 2.58 bits per heavy atom. The van der Waals surface area contributed by atoms with Crippen molar-refractivity contribution in [3.05, 3.63) is 70.9 Å². The van der Waals surface area contributed by atoms with Crippen LogP contribution in [0.2, 0.25) is 0 Å². The van der Waals surface area contributed by atoms with Crippen molar-refractivity contribution < 1.29 is 31.4 Å². The predicted octanol–water partition coefficient (Wildman–Crippen LogP) is 5.52. The zero-order valence-corrected chi connectivity index (χ0v) is 21.5. The number of aryl methyl sites for hydroxylation is 1. The number of amides is 1. The second-order valence-corrected chi connectivity index (χ2v) is 13.0. The summed E-state index contributed by atoms with van der Waals surface area (Å²) < 4.78 is 85.7. The number of rotatable bonds is 4. The van der Waals surface area contributed by atoms with Gasteiger partial charge in [0.2, 0.25) is 0 Å². The van der Waals surface area contributed by atoms with E-state index in [1.807, 2.05) is 0 Å². The topological polar surface area (TPSA) is 77.3 Å². The van der Waals surface area contributed by atoms with E-state index in [0.717, 1.165) is 4.90 Å². The molecule has 2 aliphatic rings. The number of alkyl halides is 2. The van der Waals surface area contributed by atoms with Crippen molar-refractivity contribution in [2.24, 2.45) is 0 Å². The van der Waals surface area contributed by atoms with Gasteiger partial charge in [-0.15, -0.1) is 0 Å². The molecule has 1 amide bonds. The second-order valence-electron chi connectivity index (χ2n) is 9.85. The van der Waals surface area contributed by atoms with Gasteiger partial charge in [0.15, 0.2) is 0 Å². The number of benzene rings is 2. The van der Waals surface area contributed by atoms with Crippen LogP contribution in [-0.2, 0) is 4.57 Å². The Labute approximate surface area is 220 Å². The number of imidazole rings is 1. The van der Waals surface area contributed by atoms with Gasteiger partial charge in [-0.2, -0.15) is 8.78 Å². The fourth-order valence-corrected chi connectivity index (χ4v) is 6.29. The third-order valence-electron chi connectivity index (χ3n) is 7.15. The van der Waals surface area contributed by atoms with Crippen LogP contribution < -0.4 is 10.2 Å². The molecule has 2 atom stereocenters. The molecule has 2 aromatic carbocycles. The van der Waals surface area contributed by atoms with E-state index in [2.05, 4.69) is 9.97 Å². The lowest BCUT2D eigenvalue weighted by molar-refractivity contribution is -0.0507. The largest absolute Gasteiger partial charge is 0.434 e. The summed E-state index contributed by atoms with van der Waals surface area (Å²) in [5, 5.41) is 0. The molecule has 2 aliphatic heterocycles. The van der Waals surface area contributed by atoms with Crippen molar-refractivity contribution in [3.8, 4) is 16.9 Å². The number of ether oxygens (including phenoxy) is 1. The van der Waals surface area contributed by atoms with E-state index < -0.39 is 44.5 Å². The molecular formula is C27H24F3N4O3P. The summed E-state index contributed by atoms with van der Waals surface area (Å²) in [6.45, 7) is -1.20. The van der Waals surface area contributed by atoms with Gasteiger partial charge in [-0.3, -0.25) is 4.79 Å². The van der Waals surface area contributed by atoms with Crippen LogP contribution in [-0.4, -0.2) is 52.3 Å². The Bertz CT molecular complexity index is 1800. The molecule has 6 rings (SSSR count). The summed E-state index contributed by atoms with van der Waals surface area (Å²) in [6, 6.07) is 8.22. The van der Waals surface area contributed by atoms with Crippen LogP contribution in [0.5, 0.6) is 5.75 Å². The Morgan fingerprint density at radius 1 is 1.11 bits per heavy atom. The molecule has 11 heteroatoms. The first-order valence-corrected chi connectivity index (χ1v) is 14.4. The average Bonchev–Trinajstić information content (AvgIpc) is 3.34. The highest BCUT2D eigenvalue weighted by Gasteiger charge is 2.45. The number of pyridine rings is 1. The number of aromatic nitrogens is 3. The Balaban J connectivity index is 1.61. The lowest BCUT2D eigenvalue weighted by atomic mass is 9.97. The van der Waals surface area contributed by atoms with E-state index in [4.69, 9.17) is 8.85 Å². The molecule has 0 unspecified atom stereocenters. The Kier molecular flexibility index (Phi) is 4.72. The molecule has 2 bridgehead atoms. The zero-order valence-electron chi connectivity index (χ0n) is 23.6. The molecular weight excluding hydrogens is 516 g/mol. The number of nitrogens with zero attached hydrogens (tertiary/aromatic N) is 4. The average molecular weight is 544 g/mol. The number of carbonyl (C=O) groups excluding carboxylic acids is 1. The van der Waals surface area contributed by atoms with E-state index >= 15 is 4.39 Å². The predicted molar refractivity (Wildman–Crippen MR) is 137 cm³/mol. The Morgan fingerprint density at radius 2 is 1.89 bits per heavy atom. The van der Waals surface area contributed by atoms with Crippen LogP contribution in [0.15, 0.2) is 42.5 Å². The first-order chi connectivity index (χ1) is 19.2. The van der Waals surface area contributed by atoms with E-state index in [9.17, 15) is 18.1 Å². The summed E-state index contributed by atoms with van der Waals surface area (Å²) in [5.74, 6) is -1.52. The van der Waals surface area contributed by atoms with E-state index in [1.165, 1.54) is 24.3 Å². The molecule has 0 saturated carbocycles. The van der Waals surface area contributed by atoms with Crippen LogP contribution in [0, 0.1) is 12.7 Å². The summed E-state index contributed by atoms with van der Waals surface area (Å²) in [7, 11) is -2.66. The van der Waals surface area contributed by atoms with Crippen molar-refractivity contribution >= 4 is 29.5 Å². The number of fused-ring (bicyclic) bond motifs is 9. The lowest BCUT2D eigenvalue weighted by Gasteiger charge is -2.24. The summed E-state index contributed by atoms with van der Waals surface area (Å²) in [4.78, 5) is 23.3. The molecule has 7 nitrogen and oxygen atoms in total. The fraction of sp³-hybridized carbons (Fsp3) is 0.296. The molecule has 0 radical (unpaired) electrons. The maximum absolute atomic E-state index is 15.5. The molecule has 4 aromatic rings. The number of hydrogen-bond donors (Lipinski definition) is 0. The molecule has 4 heterocycles. The van der Waals surface area contributed by atoms with Gasteiger partial charge in [-0.1, -0.05) is 12.1 Å². The maximum Gasteiger partial charge on any atom is 0.387 e. The van der Waals surface area contributed by atoms with Gasteiger partial charge in [-0.05, 0) is 44.5 Å². The highest BCUT2D eigenvalue weighted by atomic mass is 31.2. The number of hydrogen-bond acceptors (Lipinski definition) is 5. The van der Waals surface area contributed by atoms with Crippen molar-refractivity contribution in [3.63, 3.8) is 0 Å². The third-order valence-corrected chi connectivity index (χ3v) is 8.50. The van der Waals surface area contributed by atoms with Crippen LogP contribution in [0.1, 0.15) is 50.1 Å². The highest BCUT2D eigenvalue weighted by Crippen LogP contribution is 2.50. The van der Waals surface area contributed by atoms with Crippen molar-refractivity contribution in [1.82, 2.24) is 19.4 Å². The molecule has 196 valence electrons. The lowest BCUT2D eigenvalue weighted by Crippen LogP contribution is -2.30. The monoisotopic (exact) mass is 543 g/mol. The summed E-state index contributed by atoms with van der Waals surface area (Å²) in [6.07, 6.45) is 0.0449. The summed E-state index contributed by atoms with van der Waals surface area (Å²) >= 11 is 0. The van der Waals surface area contributed by atoms with Gasteiger partial charge in [0.1, 0.15) is 24.5 Å². The standard InChI is InChI=1S/C27H24F3N4O3P/c1-13-14(8-9-23(31-13)38(3,4)36)16-10-19-18(11-17(16)28)32-25-21-12-20(34(19)25)24-15(26(35)33(21)2)6-5-7-22(24)37-27(29)30/h5-11,20-21,27H,12H2,1-4H3/t20-,21-/m1/s1/i2D3. The van der Waals surface area contributed by atoms with Gasteiger partial charge in [-0.25, -0.2) is 14.4 Å². The molecule has 0 aliphatic carbocycles. The molecule has 0 N–H and O–H groups in total. The number of halogens is 3. The second kappa shape index (κ2) is 8.43. The third kappa shape index (κ3) is 3.65. The van der Waals surface area contributed by atoms with Gasteiger partial charge < -0.3 is 18.8 Å². The van der Waals surface area contributed by atoms with E-state index in [1.54, 1.807) is 43.0 Å². The van der Waals surface area contributed by atoms with Crippen LogP contribution >= 0.6 is 7.14 Å². The van der Waals surface area contributed by atoms with Crippen LogP contribution in [0.4, 0.5) is 13.2 Å². The van der Waals surface area contributed by atoms with Crippen molar-refractivity contribution in [2.75, 3.05) is 20.3 Å². The minimum Gasteiger partial charge on any atom is -0.434 e. The minimum atomic E-state index is -3.18. The van der Waals surface area contributed by atoms with Crippen LogP contribution in [0.3, 0.4) is 0 Å². The maximum atomic E-state index is 15.5. The molecule has 0 saturated heterocycles. The highest BCUT2D eigenvalue weighted by molar-refractivity contribution is 7.69. The minimum absolute atomic E-state index is 0.0449. The quantitative estimate of drug-likeness (QED) is 0.317. The molecule has 0 fully saturated rings. The molecule has 0 spiro atoms. The van der Waals surface area contributed by atoms with Gasteiger partial charge in [0, 0.05) is 51.5 Å². The smallest absolute Gasteiger partial charge is 0.387 e. The van der Waals surface area contributed by atoms with Crippen LogP contribution in [0.25, 0.3) is 22.2 Å². The Hall–Kier alpha value is -3.65. The van der Waals surface area contributed by atoms with E-state index in [0.29, 0.717) is 22.2 Å². The normalized spacial score (nSPS) is 20.1. The molecule has 38 heavy (non-hydrogen) atoms. The fourth-order valence-electron chi connectivity index (χ4n) is 5.47. The molecule has 2 aromatic heterocycles. The van der Waals surface area contributed by atoms with Gasteiger partial charge in [0.25, 0.3) is 5.91 Å². The van der Waals surface area contributed by atoms with Gasteiger partial charge in [0.05, 0.1) is 28.6 Å². The SMILES string of the molecule is [2H]C([2H])([2H])N1C(=O)c2cccc(OC(F)F)c2[C@H]2C[C@@H]1c1nc3cc(F)c(-c4ccc(P(C)(C)=O)nc4C)cc3n12. The van der Waals surface area contributed by atoms with E-state index in [-0.39, 0.29) is 40.2 Å². The first kappa shape index (κ1) is 21.3. The first-order valence-electron chi connectivity index (χ1n) is 13.3. The van der Waals surface area contributed by atoms with Crippen molar-refractivity contribution in [1.29, 1.82) is 0 Å².